The zero-order valence-corrected chi connectivity index (χ0v) is 14.6. The van der Waals surface area contributed by atoms with Crippen molar-refractivity contribution in [2.24, 2.45) is 0 Å². The molecule has 0 saturated carbocycles. The van der Waals surface area contributed by atoms with Crippen molar-refractivity contribution in [3.05, 3.63) is 59.7 Å². The lowest BCUT2D eigenvalue weighted by molar-refractivity contribution is 0.0941. The number of para-hydroxylation sites is 1. The first-order chi connectivity index (χ1) is 11.5. The highest BCUT2D eigenvalue weighted by Crippen LogP contribution is 2.20. The summed E-state index contributed by atoms with van der Waals surface area (Å²) in [7, 11) is 1.53. The second kappa shape index (κ2) is 8.40. The van der Waals surface area contributed by atoms with Crippen molar-refractivity contribution in [2.75, 3.05) is 7.11 Å². The van der Waals surface area contributed by atoms with E-state index >= 15 is 0 Å². The fraction of sp³-hybridized carbons (Fsp3) is 0.222. The molecule has 2 rings (SSSR count). The standard InChI is InChI=1S/C18H20N2O3S/c1-12(2)19-17(21)13-8-10-14(11-9-13)24-20-18(22)15-6-4-5-7-16(15)23-3/h4-12H,1-3H3,(H,19,21)(H,20,22). The molecule has 0 heterocycles. The molecule has 0 radical (unpaired) electrons. The Morgan fingerprint density at radius 2 is 1.67 bits per heavy atom. The Morgan fingerprint density at radius 3 is 2.29 bits per heavy atom. The van der Waals surface area contributed by atoms with Gasteiger partial charge >= 0.3 is 0 Å². The molecule has 2 amide bonds. The van der Waals surface area contributed by atoms with Crippen LogP contribution in [0.5, 0.6) is 5.75 Å². The lowest BCUT2D eigenvalue weighted by atomic mass is 10.2. The molecule has 5 nitrogen and oxygen atoms in total. The molecule has 0 aliphatic heterocycles. The monoisotopic (exact) mass is 344 g/mol. The molecule has 2 aromatic rings. The van der Waals surface area contributed by atoms with Gasteiger partial charge in [-0.05, 0) is 62.2 Å². The van der Waals surface area contributed by atoms with E-state index in [1.807, 2.05) is 19.9 Å². The van der Waals surface area contributed by atoms with Crippen molar-refractivity contribution in [1.82, 2.24) is 10.0 Å². The van der Waals surface area contributed by atoms with Crippen molar-refractivity contribution in [3.63, 3.8) is 0 Å². The number of methoxy groups -OCH3 is 1. The van der Waals surface area contributed by atoms with Crippen LogP contribution in [0.15, 0.2) is 53.4 Å². The minimum atomic E-state index is -0.237. The van der Waals surface area contributed by atoms with Crippen molar-refractivity contribution in [1.29, 1.82) is 0 Å². The Morgan fingerprint density at radius 1 is 1.00 bits per heavy atom. The summed E-state index contributed by atoms with van der Waals surface area (Å²) in [5, 5.41) is 2.83. The predicted molar refractivity (Wildman–Crippen MR) is 95.4 cm³/mol. The third-order valence-electron chi connectivity index (χ3n) is 3.15. The molecule has 0 aromatic heterocycles. The largest absolute Gasteiger partial charge is 0.496 e. The van der Waals surface area contributed by atoms with Gasteiger partial charge in [0.25, 0.3) is 11.8 Å². The van der Waals surface area contributed by atoms with E-state index < -0.39 is 0 Å². The zero-order chi connectivity index (χ0) is 17.5. The Bertz CT molecular complexity index is 714. The third-order valence-corrected chi connectivity index (χ3v) is 3.94. The topological polar surface area (TPSA) is 67.4 Å². The van der Waals surface area contributed by atoms with Crippen LogP contribution in [0.25, 0.3) is 0 Å². The van der Waals surface area contributed by atoms with E-state index in [1.165, 1.54) is 19.1 Å². The van der Waals surface area contributed by atoms with Crippen LogP contribution < -0.4 is 14.8 Å². The molecule has 6 heteroatoms. The Balaban J connectivity index is 1.97. The number of carbonyl (C=O) groups excluding carboxylic acids is 2. The van der Waals surface area contributed by atoms with Crippen LogP contribution in [0.1, 0.15) is 34.6 Å². The number of rotatable bonds is 6. The zero-order valence-electron chi connectivity index (χ0n) is 13.8. The Hall–Kier alpha value is -2.47. The van der Waals surface area contributed by atoms with Crippen LogP contribution >= 0.6 is 11.9 Å². The normalized spacial score (nSPS) is 10.3. The maximum Gasteiger partial charge on any atom is 0.265 e. The molecule has 24 heavy (non-hydrogen) atoms. The van der Waals surface area contributed by atoms with E-state index in [-0.39, 0.29) is 17.9 Å². The molecular weight excluding hydrogens is 324 g/mol. The number of nitrogens with one attached hydrogen (secondary N) is 2. The third kappa shape index (κ3) is 4.76. The van der Waals surface area contributed by atoms with E-state index in [4.69, 9.17) is 4.74 Å². The van der Waals surface area contributed by atoms with Crippen LogP contribution in [0.4, 0.5) is 0 Å². The van der Waals surface area contributed by atoms with Gasteiger partial charge in [0.05, 0.1) is 12.7 Å². The molecular formula is C18H20N2O3S. The minimum absolute atomic E-state index is 0.0895. The summed E-state index contributed by atoms with van der Waals surface area (Å²) in [5.74, 6) is 0.176. The molecule has 126 valence electrons. The number of hydrogen-bond acceptors (Lipinski definition) is 4. The van der Waals surface area contributed by atoms with Gasteiger partial charge in [0.2, 0.25) is 0 Å². The van der Waals surface area contributed by atoms with Crippen LogP contribution in [-0.2, 0) is 0 Å². The van der Waals surface area contributed by atoms with Gasteiger partial charge in [-0.2, -0.15) is 0 Å². The van der Waals surface area contributed by atoms with E-state index in [1.54, 1.807) is 42.5 Å². The van der Waals surface area contributed by atoms with Gasteiger partial charge in [0, 0.05) is 16.5 Å². The smallest absolute Gasteiger partial charge is 0.265 e. The van der Waals surface area contributed by atoms with Crippen molar-refractivity contribution >= 4 is 23.8 Å². The lowest BCUT2D eigenvalue weighted by Gasteiger charge is -2.10. The Labute approximate surface area is 145 Å². The summed E-state index contributed by atoms with van der Waals surface area (Å²) in [6.45, 7) is 3.82. The summed E-state index contributed by atoms with van der Waals surface area (Å²) < 4.78 is 7.95. The van der Waals surface area contributed by atoms with Gasteiger partial charge in [-0.25, -0.2) is 0 Å². The van der Waals surface area contributed by atoms with Gasteiger partial charge in [0.1, 0.15) is 5.75 Å². The molecule has 0 saturated heterocycles. The lowest BCUT2D eigenvalue weighted by Crippen LogP contribution is -2.29. The molecule has 0 fully saturated rings. The van der Waals surface area contributed by atoms with Gasteiger partial charge < -0.3 is 10.1 Å². The number of carbonyl (C=O) groups is 2. The van der Waals surface area contributed by atoms with Crippen LogP contribution in [-0.4, -0.2) is 25.0 Å². The van der Waals surface area contributed by atoms with Crippen molar-refractivity contribution in [3.8, 4) is 5.75 Å². The SMILES string of the molecule is COc1ccccc1C(=O)NSc1ccc(C(=O)NC(C)C)cc1. The highest BCUT2D eigenvalue weighted by atomic mass is 32.2. The molecule has 0 spiro atoms. The molecule has 0 bridgehead atoms. The van der Waals surface area contributed by atoms with E-state index in [0.29, 0.717) is 16.9 Å². The van der Waals surface area contributed by atoms with Crippen LogP contribution in [0.2, 0.25) is 0 Å². The first kappa shape index (κ1) is 17.9. The number of amides is 2. The van der Waals surface area contributed by atoms with Gasteiger partial charge in [-0.1, -0.05) is 12.1 Å². The average molecular weight is 344 g/mol. The summed E-state index contributed by atoms with van der Waals surface area (Å²) in [4.78, 5) is 24.9. The molecule has 0 atom stereocenters. The summed E-state index contributed by atoms with van der Waals surface area (Å²) in [5.41, 5.74) is 1.06. The van der Waals surface area contributed by atoms with E-state index in [2.05, 4.69) is 10.0 Å². The summed E-state index contributed by atoms with van der Waals surface area (Å²) >= 11 is 1.19. The fourth-order valence-corrected chi connectivity index (χ4v) is 2.61. The fourth-order valence-electron chi connectivity index (χ4n) is 2.01. The highest BCUT2D eigenvalue weighted by molar-refractivity contribution is 7.98. The molecule has 0 aliphatic rings. The molecule has 2 N–H and O–H groups in total. The van der Waals surface area contributed by atoms with Crippen molar-refractivity contribution < 1.29 is 14.3 Å². The maximum atomic E-state index is 12.2. The maximum absolute atomic E-state index is 12.2. The van der Waals surface area contributed by atoms with Gasteiger partial charge in [-0.3, -0.25) is 14.3 Å². The minimum Gasteiger partial charge on any atom is -0.496 e. The highest BCUT2D eigenvalue weighted by Gasteiger charge is 2.12. The van der Waals surface area contributed by atoms with Crippen LogP contribution in [0, 0.1) is 0 Å². The second-order valence-electron chi connectivity index (χ2n) is 5.39. The number of hydrogen-bond donors (Lipinski definition) is 2. The second-order valence-corrected chi connectivity index (χ2v) is 6.27. The molecule has 0 aliphatic carbocycles. The van der Waals surface area contributed by atoms with Crippen LogP contribution in [0.3, 0.4) is 0 Å². The average Bonchev–Trinajstić information content (AvgIpc) is 2.59. The Kier molecular flexibility index (Phi) is 6.26. The summed E-state index contributed by atoms with van der Waals surface area (Å²) in [6, 6.07) is 14.2. The first-order valence-corrected chi connectivity index (χ1v) is 8.34. The molecule has 2 aromatic carbocycles. The van der Waals surface area contributed by atoms with Crippen molar-refractivity contribution in [2.45, 2.75) is 24.8 Å². The van der Waals surface area contributed by atoms with E-state index in [0.717, 1.165) is 4.90 Å². The summed E-state index contributed by atoms with van der Waals surface area (Å²) in [6.07, 6.45) is 0. The van der Waals surface area contributed by atoms with Gasteiger partial charge in [-0.15, -0.1) is 0 Å². The van der Waals surface area contributed by atoms with Gasteiger partial charge in [0.15, 0.2) is 0 Å². The predicted octanol–water partition coefficient (Wildman–Crippen LogP) is 3.27. The number of benzene rings is 2. The van der Waals surface area contributed by atoms with E-state index in [9.17, 15) is 9.59 Å². The first-order valence-electron chi connectivity index (χ1n) is 7.52. The quantitative estimate of drug-likeness (QED) is 0.789. The number of ether oxygens (including phenoxy) is 1. The molecule has 0 unspecified atom stereocenters.